The topological polar surface area (TPSA) is 69.7 Å². The number of allylic oxidation sites excluding steroid dienone is 1. The predicted molar refractivity (Wildman–Crippen MR) is 118 cm³/mol. The van der Waals surface area contributed by atoms with Gasteiger partial charge in [-0.25, -0.2) is 0 Å². The fourth-order valence-corrected chi connectivity index (χ4v) is 4.22. The Balaban J connectivity index is 1.61. The number of piperidine rings is 1. The van der Waals surface area contributed by atoms with Gasteiger partial charge in [-0.2, -0.15) is 0 Å². The van der Waals surface area contributed by atoms with Crippen molar-refractivity contribution in [3.05, 3.63) is 35.4 Å². The van der Waals surface area contributed by atoms with Gasteiger partial charge in [0, 0.05) is 36.0 Å². The zero-order chi connectivity index (χ0) is 21.0. The molecule has 1 N–H and O–H groups in total. The third-order valence-corrected chi connectivity index (χ3v) is 6.10. The highest BCUT2D eigenvalue weighted by atomic mass is 32.2. The van der Waals surface area contributed by atoms with E-state index in [2.05, 4.69) is 10.2 Å². The van der Waals surface area contributed by atoms with Crippen molar-refractivity contribution >= 4 is 40.7 Å². The molecular weight excluding hydrogens is 386 g/mol. The van der Waals surface area contributed by atoms with Crippen LogP contribution in [-0.2, 0) is 14.4 Å². The van der Waals surface area contributed by atoms with Crippen molar-refractivity contribution in [2.45, 2.75) is 40.0 Å². The summed E-state index contributed by atoms with van der Waals surface area (Å²) >= 11 is 1.30. The average molecular weight is 416 g/mol. The summed E-state index contributed by atoms with van der Waals surface area (Å²) in [4.78, 5) is 40.7. The van der Waals surface area contributed by atoms with E-state index in [4.69, 9.17) is 0 Å². The summed E-state index contributed by atoms with van der Waals surface area (Å²) in [6, 6.07) is 7.82. The zero-order valence-corrected chi connectivity index (χ0v) is 18.2. The van der Waals surface area contributed by atoms with Crippen LogP contribution in [-0.4, -0.2) is 47.9 Å². The van der Waals surface area contributed by atoms with E-state index in [0.717, 1.165) is 13.1 Å². The number of hydrogen-bond donors (Lipinski definition) is 1. The Morgan fingerprint density at radius 1 is 1.10 bits per heavy atom. The quantitative estimate of drug-likeness (QED) is 0.744. The number of ketones is 1. The number of nitrogens with zero attached hydrogens (tertiary/aromatic N) is 2. The molecule has 0 bridgehead atoms. The molecule has 0 saturated carbocycles. The van der Waals surface area contributed by atoms with E-state index in [1.54, 1.807) is 0 Å². The number of thioether (sulfide) groups is 1. The SMILES string of the molecule is CC(C)(C)C(=O)/C=C1\SCC(=O)N1CC(=O)Nc1ccc(N2CCCCC2)cc1. The Bertz CT molecular complexity index is 806. The fraction of sp³-hybridized carbons (Fsp3) is 0.500. The number of hydrogen-bond acceptors (Lipinski definition) is 5. The molecule has 0 aromatic heterocycles. The number of carbonyl (C=O) groups is 3. The molecule has 2 amide bonds. The van der Waals surface area contributed by atoms with Crippen LogP contribution in [0.5, 0.6) is 0 Å². The summed E-state index contributed by atoms with van der Waals surface area (Å²) in [6.07, 6.45) is 5.20. The van der Waals surface area contributed by atoms with Gasteiger partial charge in [0.05, 0.1) is 10.8 Å². The van der Waals surface area contributed by atoms with Crippen molar-refractivity contribution in [1.29, 1.82) is 0 Å². The first-order chi connectivity index (χ1) is 13.7. The summed E-state index contributed by atoms with van der Waals surface area (Å²) in [5.41, 5.74) is 1.34. The van der Waals surface area contributed by atoms with Gasteiger partial charge in [0.15, 0.2) is 5.78 Å². The lowest BCUT2D eigenvalue weighted by molar-refractivity contribution is -0.129. The van der Waals surface area contributed by atoms with Crippen LogP contribution in [0.4, 0.5) is 11.4 Å². The third-order valence-electron chi connectivity index (χ3n) is 5.08. The Hall–Kier alpha value is -2.28. The maximum absolute atomic E-state index is 12.5. The second-order valence-electron chi connectivity index (χ2n) is 8.51. The van der Waals surface area contributed by atoms with E-state index in [9.17, 15) is 14.4 Å². The van der Waals surface area contributed by atoms with Crippen molar-refractivity contribution < 1.29 is 14.4 Å². The van der Waals surface area contributed by atoms with Crippen molar-refractivity contribution in [2.24, 2.45) is 5.41 Å². The Labute approximate surface area is 176 Å². The molecule has 0 radical (unpaired) electrons. The van der Waals surface area contributed by atoms with Gasteiger partial charge < -0.3 is 10.2 Å². The highest BCUT2D eigenvalue weighted by Crippen LogP contribution is 2.30. The molecule has 0 spiro atoms. The fourth-order valence-electron chi connectivity index (χ4n) is 3.28. The Morgan fingerprint density at radius 2 is 1.76 bits per heavy atom. The van der Waals surface area contributed by atoms with Crippen LogP contribution in [0.2, 0.25) is 0 Å². The maximum atomic E-state index is 12.5. The number of amides is 2. The van der Waals surface area contributed by atoms with E-state index in [1.165, 1.54) is 47.7 Å². The first-order valence-electron chi connectivity index (χ1n) is 10.1. The van der Waals surface area contributed by atoms with Gasteiger partial charge in [0.2, 0.25) is 11.8 Å². The lowest BCUT2D eigenvalue weighted by atomic mass is 9.91. The van der Waals surface area contributed by atoms with E-state index in [0.29, 0.717) is 10.7 Å². The molecule has 6 nitrogen and oxygen atoms in total. The van der Waals surface area contributed by atoms with Crippen LogP contribution in [0.15, 0.2) is 35.4 Å². The lowest BCUT2D eigenvalue weighted by Crippen LogP contribution is -2.34. The molecule has 3 rings (SSSR count). The summed E-state index contributed by atoms with van der Waals surface area (Å²) < 4.78 is 0. The van der Waals surface area contributed by atoms with Crippen LogP contribution in [0.1, 0.15) is 40.0 Å². The molecule has 0 aliphatic carbocycles. The first kappa shape index (κ1) is 21.4. The van der Waals surface area contributed by atoms with Gasteiger partial charge in [-0.3, -0.25) is 19.3 Å². The molecule has 2 saturated heterocycles. The minimum atomic E-state index is -0.525. The Kier molecular flexibility index (Phi) is 6.67. The van der Waals surface area contributed by atoms with Crippen LogP contribution in [0, 0.1) is 5.41 Å². The van der Waals surface area contributed by atoms with Gasteiger partial charge in [-0.1, -0.05) is 32.5 Å². The standard InChI is InChI=1S/C22H29N3O3S/c1-22(2,3)18(26)13-21-25(20(28)15-29-21)14-19(27)23-16-7-9-17(10-8-16)24-11-5-4-6-12-24/h7-10,13H,4-6,11-12,14-15H2,1-3H3,(H,23,27)/b21-13-. The van der Waals surface area contributed by atoms with Gasteiger partial charge in [-0.05, 0) is 43.5 Å². The van der Waals surface area contributed by atoms with Gasteiger partial charge >= 0.3 is 0 Å². The van der Waals surface area contributed by atoms with Crippen LogP contribution in [0.25, 0.3) is 0 Å². The summed E-state index contributed by atoms with van der Waals surface area (Å²) in [5, 5.41) is 3.40. The van der Waals surface area contributed by atoms with Crippen molar-refractivity contribution in [3.63, 3.8) is 0 Å². The molecule has 0 unspecified atom stereocenters. The summed E-state index contributed by atoms with van der Waals surface area (Å²) in [5.74, 6) is -0.242. The highest BCUT2D eigenvalue weighted by molar-refractivity contribution is 8.04. The highest BCUT2D eigenvalue weighted by Gasteiger charge is 2.30. The Morgan fingerprint density at radius 3 is 2.38 bits per heavy atom. The maximum Gasteiger partial charge on any atom is 0.244 e. The largest absolute Gasteiger partial charge is 0.372 e. The van der Waals surface area contributed by atoms with E-state index >= 15 is 0 Å². The van der Waals surface area contributed by atoms with Crippen molar-refractivity contribution in [2.75, 3.05) is 35.6 Å². The number of rotatable bonds is 5. The number of benzene rings is 1. The van der Waals surface area contributed by atoms with E-state index < -0.39 is 5.41 Å². The van der Waals surface area contributed by atoms with Gasteiger partial charge in [0.1, 0.15) is 6.54 Å². The van der Waals surface area contributed by atoms with Crippen LogP contribution < -0.4 is 10.2 Å². The molecule has 29 heavy (non-hydrogen) atoms. The predicted octanol–water partition coefficient (Wildman–Crippen LogP) is 3.65. The smallest absolute Gasteiger partial charge is 0.244 e. The molecule has 1 aromatic rings. The third kappa shape index (κ3) is 5.63. The van der Waals surface area contributed by atoms with Gasteiger partial charge in [-0.15, -0.1) is 0 Å². The number of anilines is 2. The lowest BCUT2D eigenvalue weighted by Gasteiger charge is -2.28. The zero-order valence-electron chi connectivity index (χ0n) is 17.4. The van der Waals surface area contributed by atoms with Gasteiger partial charge in [0.25, 0.3) is 0 Å². The van der Waals surface area contributed by atoms with Crippen LogP contribution >= 0.6 is 11.8 Å². The molecule has 1 aromatic carbocycles. The summed E-state index contributed by atoms with van der Waals surface area (Å²) in [7, 11) is 0. The van der Waals surface area contributed by atoms with Crippen LogP contribution in [0.3, 0.4) is 0 Å². The molecular formula is C22H29N3O3S. The first-order valence-corrected chi connectivity index (χ1v) is 11.1. The van der Waals surface area contributed by atoms with Crippen molar-refractivity contribution in [3.8, 4) is 0 Å². The number of carbonyl (C=O) groups excluding carboxylic acids is 3. The van der Waals surface area contributed by atoms with Crippen molar-refractivity contribution in [1.82, 2.24) is 4.90 Å². The molecule has 2 aliphatic rings. The summed E-state index contributed by atoms with van der Waals surface area (Å²) in [6.45, 7) is 7.55. The number of nitrogens with one attached hydrogen (secondary N) is 1. The average Bonchev–Trinajstić information content (AvgIpc) is 3.02. The minimum Gasteiger partial charge on any atom is -0.372 e. The molecule has 156 valence electrons. The molecule has 7 heteroatoms. The molecule has 2 heterocycles. The van der Waals surface area contributed by atoms with E-state index in [-0.39, 0.29) is 29.9 Å². The minimum absolute atomic E-state index is 0.0617. The van der Waals surface area contributed by atoms with E-state index in [1.807, 2.05) is 45.0 Å². The molecule has 2 fully saturated rings. The second kappa shape index (κ2) is 9.03. The second-order valence-corrected chi connectivity index (χ2v) is 9.50. The molecule has 2 aliphatic heterocycles. The normalized spacial score (nSPS) is 19.0. The molecule has 0 atom stereocenters. The monoisotopic (exact) mass is 415 g/mol.